The summed E-state index contributed by atoms with van der Waals surface area (Å²) in [5.74, 6) is 0.652. The highest BCUT2D eigenvalue weighted by Gasteiger charge is 2.42. The number of amides is 1. The Hall–Kier alpha value is -3.16. The molecule has 0 radical (unpaired) electrons. The van der Waals surface area contributed by atoms with Crippen LogP contribution < -0.4 is 10.2 Å². The monoisotopic (exact) mass is 448 g/mol. The third kappa shape index (κ3) is 4.03. The topological polar surface area (TPSA) is 72.2 Å². The van der Waals surface area contributed by atoms with Gasteiger partial charge in [0.15, 0.2) is 5.43 Å². The van der Waals surface area contributed by atoms with Crippen LogP contribution in [0, 0.1) is 6.92 Å². The normalized spacial score (nSPS) is 18.7. The van der Waals surface area contributed by atoms with Crippen LogP contribution in [0.4, 0.5) is 0 Å². The molecule has 1 fully saturated rings. The molecule has 2 aliphatic rings. The minimum Gasteiger partial charge on any atom is -0.497 e. The summed E-state index contributed by atoms with van der Waals surface area (Å²) in [4.78, 5) is 31.2. The molecule has 0 unspecified atom stereocenters. The highest BCUT2D eigenvalue weighted by Crippen LogP contribution is 2.38. The predicted octanol–water partition coefficient (Wildman–Crippen LogP) is 3.38. The van der Waals surface area contributed by atoms with Crippen molar-refractivity contribution < 1.29 is 18.7 Å². The standard InChI is InChI=1S/C26H28N2O5/c1-17-4-9-21-20(16-17)24(29)22-23(18-5-7-19(31-2)8-6-18)28(26(30)25(22)33-21)11-3-10-27-12-14-32-15-13-27/h4-9,16,23H,3,10-15H2,1-2H3/t23-/m0/s1. The van der Waals surface area contributed by atoms with Crippen LogP contribution in [0.3, 0.4) is 0 Å². The summed E-state index contributed by atoms with van der Waals surface area (Å²) in [6, 6.07) is 12.6. The van der Waals surface area contributed by atoms with E-state index in [4.69, 9.17) is 13.9 Å². The van der Waals surface area contributed by atoms with Gasteiger partial charge < -0.3 is 18.8 Å². The first kappa shape index (κ1) is 21.7. The summed E-state index contributed by atoms with van der Waals surface area (Å²) >= 11 is 0. The Morgan fingerprint density at radius 2 is 1.79 bits per heavy atom. The highest BCUT2D eigenvalue weighted by atomic mass is 16.5. The van der Waals surface area contributed by atoms with Gasteiger partial charge in [0, 0.05) is 26.2 Å². The van der Waals surface area contributed by atoms with Gasteiger partial charge in [-0.05, 0) is 43.2 Å². The third-order valence-corrected chi connectivity index (χ3v) is 6.53. The van der Waals surface area contributed by atoms with E-state index in [1.807, 2.05) is 43.3 Å². The van der Waals surface area contributed by atoms with Crippen LogP contribution in [0.15, 0.2) is 51.7 Å². The molecule has 3 aromatic rings. The van der Waals surface area contributed by atoms with E-state index in [2.05, 4.69) is 4.90 Å². The SMILES string of the molecule is COc1ccc([C@H]2c3c(oc4ccc(C)cc4c3=O)C(=O)N2CCCN2CCOCC2)cc1. The molecule has 0 bridgehead atoms. The highest BCUT2D eigenvalue weighted by molar-refractivity contribution is 5.99. The quantitative estimate of drug-likeness (QED) is 0.576. The molecule has 0 saturated carbocycles. The van der Waals surface area contributed by atoms with E-state index in [9.17, 15) is 9.59 Å². The molecule has 33 heavy (non-hydrogen) atoms. The fourth-order valence-electron chi connectivity index (χ4n) is 4.79. The lowest BCUT2D eigenvalue weighted by atomic mass is 9.98. The lowest BCUT2D eigenvalue weighted by Gasteiger charge is -2.29. The fraction of sp³-hybridized carbons (Fsp3) is 0.385. The maximum absolute atomic E-state index is 13.6. The fourth-order valence-corrected chi connectivity index (χ4v) is 4.79. The number of hydrogen-bond donors (Lipinski definition) is 0. The van der Waals surface area contributed by atoms with Crippen molar-refractivity contribution in [2.45, 2.75) is 19.4 Å². The summed E-state index contributed by atoms with van der Waals surface area (Å²) in [5.41, 5.74) is 2.58. The predicted molar refractivity (Wildman–Crippen MR) is 125 cm³/mol. The van der Waals surface area contributed by atoms with Gasteiger partial charge in [0.2, 0.25) is 5.76 Å². The molecular formula is C26H28N2O5. The number of benzene rings is 2. The zero-order valence-corrected chi connectivity index (χ0v) is 19.0. The van der Waals surface area contributed by atoms with E-state index in [-0.39, 0.29) is 17.1 Å². The maximum Gasteiger partial charge on any atom is 0.290 e. The van der Waals surface area contributed by atoms with Crippen molar-refractivity contribution >= 4 is 16.9 Å². The lowest BCUT2D eigenvalue weighted by Crippen LogP contribution is -2.38. The number of methoxy groups -OCH3 is 1. The van der Waals surface area contributed by atoms with E-state index >= 15 is 0 Å². The summed E-state index contributed by atoms with van der Waals surface area (Å²) in [6.45, 7) is 6.64. The Bertz CT molecular complexity index is 1230. The number of fused-ring (bicyclic) bond motifs is 2. The molecule has 172 valence electrons. The largest absolute Gasteiger partial charge is 0.497 e. The van der Waals surface area contributed by atoms with Gasteiger partial charge in [0.1, 0.15) is 11.3 Å². The lowest BCUT2D eigenvalue weighted by molar-refractivity contribution is 0.0353. The van der Waals surface area contributed by atoms with Crippen molar-refractivity contribution in [1.82, 2.24) is 9.80 Å². The minimum atomic E-state index is -0.482. The molecule has 1 saturated heterocycles. The Balaban J connectivity index is 1.53. The number of carbonyl (C=O) groups is 1. The van der Waals surface area contributed by atoms with Gasteiger partial charge in [0.05, 0.1) is 37.3 Å². The van der Waals surface area contributed by atoms with Crippen LogP contribution in [0.25, 0.3) is 11.0 Å². The van der Waals surface area contributed by atoms with Crippen molar-refractivity contribution in [3.63, 3.8) is 0 Å². The van der Waals surface area contributed by atoms with E-state index in [0.29, 0.717) is 23.1 Å². The second kappa shape index (κ2) is 9.00. The van der Waals surface area contributed by atoms with E-state index in [1.165, 1.54) is 0 Å². The first-order chi connectivity index (χ1) is 16.1. The maximum atomic E-state index is 13.6. The van der Waals surface area contributed by atoms with Crippen molar-refractivity contribution in [3.05, 3.63) is 75.1 Å². The number of aryl methyl sites for hydroxylation is 1. The van der Waals surface area contributed by atoms with Gasteiger partial charge in [-0.3, -0.25) is 14.5 Å². The van der Waals surface area contributed by atoms with Gasteiger partial charge >= 0.3 is 0 Å². The van der Waals surface area contributed by atoms with Crippen molar-refractivity contribution in [2.24, 2.45) is 0 Å². The summed E-state index contributed by atoms with van der Waals surface area (Å²) < 4.78 is 16.8. The van der Waals surface area contributed by atoms with Crippen molar-refractivity contribution in [2.75, 3.05) is 46.5 Å². The Morgan fingerprint density at radius 1 is 1.03 bits per heavy atom. The minimum absolute atomic E-state index is 0.139. The summed E-state index contributed by atoms with van der Waals surface area (Å²) in [5, 5.41) is 0.509. The first-order valence-corrected chi connectivity index (χ1v) is 11.4. The smallest absolute Gasteiger partial charge is 0.290 e. The average Bonchev–Trinajstić information content (AvgIpc) is 3.12. The van der Waals surface area contributed by atoms with Crippen molar-refractivity contribution in [1.29, 1.82) is 0 Å². The Morgan fingerprint density at radius 3 is 2.52 bits per heavy atom. The number of ether oxygens (including phenoxy) is 2. The molecule has 7 nitrogen and oxygen atoms in total. The number of rotatable bonds is 6. The van der Waals surface area contributed by atoms with Crippen LogP contribution in [-0.2, 0) is 4.74 Å². The van der Waals surface area contributed by atoms with Crippen molar-refractivity contribution in [3.8, 4) is 5.75 Å². The molecule has 0 spiro atoms. The summed E-state index contributed by atoms with van der Waals surface area (Å²) in [7, 11) is 1.62. The molecule has 7 heteroatoms. The second-order valence-electron chi connectivity index (χ2n) is 8.66. The van der Waals surface area contributed by atoms with Gasteiger partial charge in [-0.1, -0.05) is 23.8 Å². The van der Waals surface area contributed by atoms with Crippen LogP contribution in [0.2, 0.25) is 0 Å². The molecule has 1 atom stereocenters. The average molecular weight is 449 g/mol. The Labute approximate surface area is 192 Å². The number of nitrogens with zero attached hydrogens (tertiary/aromatic N) is 2. The molecule has 3 heterocycles. The molecule has 0 aliphatic carbocycles. The number of hydrogen-bond acceptors (Lipinski definition) is 6. The van der Waals surface area contributed by atoms with E-state index in [1.54, 1.807) is 18.1 Å². The van der Waals surface area contributed by atoms with E-state index < -0.39 is 6.04 Å². The number of morpholine rings is 1. The Kier molecular flexibility index (Phi) is 5.91. The van der Waals surface area contributed by atoms with E-state index in [0.717, 1.165) is 56.1 Å². The second-order valence-corrected chi connectivity index (χ2v) is 8.66. The van der Waals surface area contributed by atoms with Crippen LogP contribution in [0.5, 0.6) is 5.75 Å². The molecule has 1 aromatic heterocycles. The molecule has 5 rings (SSSR count). The first-order valence-electron chi connectivity index (χ1n) is 11.4. The van der Waals surface area contributed by atoms with Gasteiger partial charge in [-0.2, -0.15) is 0 Å². The van der Waals surface area contributed by atoms with Crippen LogP contribution in [-0.4, -0.2) is 62.2 Å². The zero-order chi connectivity index (χ0) is 22.9. The van der Waals surface area contributed by atoms with Gasteiger partial charge in [-0.15, -0.1) is 0 Å². The molecule has 2 aromatic carbocycles. The van der Waals surface area contributed by atoms with Gasteiger partial charge in [0.25, 0.3) is 5.91 Å². The molecule has 2 aliphatic heterocycles. The summed E-state index contributed by atoms with van der Waals surface area (Å²) in [6.07, 6.45) is 0.805. The third-order valence-electron chi connectivity index (χ3n) is 6.53. The molecule has 0 N–H and O–H groups in total. The number of carbonyl (C=O) groups excluding carboxylic acids is 1. The molecular weight excluding hydrogens is 420 g/mol. The van der Waals surface area contributed by atoms with Gasteiger partial charge in [-0.25, -0.2) is 0 Å². The van der Waals surface area contributed by atoms with Crippen LogP contribution >= 0.6 is 0 Å². The zero-order valence-electron chi connectivity index (χ0n) is 19.0. The molecule has 1 amide bonds. The van der Waals surface area contributed by atoms with Crippen LogP contribution in [0.1, 0.15) is 39.7 Å².